The number of hydrogen-bond donors (Lipinski definition) is 2. The van der Waals surface area contributed by atoms with Crippen LogP contribution in [0.15, 0.2) is 57.5 Å². The summed E-state index contributed by atoms with van der Waals surface area (Å²) in [6.07, 6.45) is -4.71. The van der Waals surface area contributed by atoms with E-state index in [0.717, 1.165) is 31.0 Å². The van der Waals surface area contributed by atoms with Crippen molar-refractivity contribution in [1.29, 1.82) is 5.26 Å². The van der Waals surface area contributed by atoms with Crippen molar-refractivity contribution in [2.75, 3.05) is 25.3 Å². The Hall–Kier alpha value is -3.50. The predicted molar refractivity (Wildman–Crippen MR) is 132 cm³/mol. The van der Waals surface area contributed by atoms with Crippen molar-refractivity contribution in [3.63, 3.8) is 0 Å². The van der Waals surface area contributed by atoms with Gasteiger partial charge in [0, 0.05) is 10.4 Å². The SMILES string of the molecule is COC(=O)[C@@H]1C(=O)NC(SCC(=O)Nc2ccc(Br)cc2C(F)(F)F)=C(C#N)[C@H]1c1ccc(OC)cc1. The van der Waals surface area contributed by atoms with E-state index in [2.05, 4.69) is 26.6 Å². The molecule has 1 heterocycles. The molecule has 2 atom stereocenters. The van der Waals surface area contributed by atoms with E-state index in [1.165, 1.54) is 13.2 Å². The summed E-state index contributed by atoms with van der Waals surface area (Å²) in [5.74, 6) is -4.71. The number of carbonyl (C=O) groups is 3. The van der Waals surface area contributed by atoms with E-state index in [9.17, 15) is 32.8 Å². The lowest BCUT2D eigenvalue weighted by Gasteiger charge is -2.31. The van der Waals surface area contributed by atoms with Crippen molar-refractivity contribution in [3.8, 4) is 11.8 Å². The van der Waals surface area contributed by atoms with Gasteiger partial charge in [0.1, 0.15) is 11.7 Å². The number of alkyl halides is 3. The minimum atomic E-state index is -4.71. The van der Waals surface area contributed by atoms with Gasteiger partial charge in [0.05, 0.1) is 47.9 Å². The number of thioether (sulfide) groups is 1. The molecule has 0 unspecified atom stereocenters. The molecular formula is C24H19BrF3N3O5S. The van der Waals surface area contributed by atoms with Crippen LogP contribution in [0.25, 0.3) is 0 Å². The second-order valence-electron chi connectivity index (χ2n) is 7.62. The van der Waals surface area contributed by atoms with Gasteiger partial charge in [0.2, 0.25) is 11.8 Å². The number of carbonyl (C=O) groups excluding carboxylic acids is 3. The molecule has 0 saturated carbocycles. The summed E-state index contributed by atoms with van der Waals surface area (Å²) in [7, 11) is 2.58. The second kappa shape index (κ2) is 11.7. The molecule has 2 amide bonds. The molecule has 2 aromatic rings. The Bertz CT molecular complexity index is 1290. The first-order valence-electron chi connectivity index (χ1n) is 10.5. The topological polar surface area (TPSA) is 118 Å². The van der Waals surface area contributed by atoms with E-state index in [0.29, 0.717) is 11.3 Å². The van der Waals surface area contributed by atoms with Crippen LogP contribution in [0.5, 0.6) is 5.75 Å². The molecular weight excluding hydrogens is 579 g/mol. The smallest absolute Gasteiger partial charge is 0.418 e. The molecule has 0 spiro atoms. The number of nitrogens with one attached hydrogen (secondary N) is 2. The third-order valence-corrected chi connectivity index (χ3v) is 6.88. The first-order valence-corrected chi connectivity index (χ1v) is 12.2. The molecule has 37 heavy (non-hydrogen) atoms. The molecule has 0 saturated heterocycles. The molecule has 3 rings (SSSR count). The number of hydrogen-bond acceptors (Lipinski definition) is 7. The zero-order chi connectivity index (χ0) is 27.3. The number of allylic oxidation sites excluding steroid dienone is 1. The summed E-state index contributed by atoms with van der Waals surface area (Å²) >= 11 is 3.73. The van der Waals surface area contributed by atoms with Crippen LogP contribution in [0.1, 0.15) is 17.0 Å². The fraction of sp³-hybridized carbons (Fsp3) is 0.250. The summed E-state index contributed by atoms with van der Waals surface area (Å²) in [4.78, 5) is 37.8. The first-order chi connectivity index (χ1) is 17.5. The molecule has 0 aliphatic carbocycles. The van der Waals surface area contributed by atoms with E-state index in [-0.39, 0.29) is 15.1 Å². The van der Waals surface area contributed by atoms with Crippen molar-refractivity contribution < 1.29 is 37.0 Å². The molecule has 1 aliphatic rings. The van der Waals surface area contributed by atoms with Crippen molar-refractivity contribution in [2.24, 2.45) is 5.92 Å². The molecule has 194 valence electrons. The Kier molecular flexibility index (Phi) is 8.88. The third kappa shape index (κ3) is 6.44. The first kappa shape index (κ1) is 28.1. The highest BCUT2D eigenvalue weighted by Gasteiger charge is 2.44. The van der Waals surface area contributed by atoms with Gasteiger partial charge in [0.15, 0.2) is 0 Å². The Balaban J connectivity index is 1.90. The fourth-order valence-electron chi connectivity index (χ4n) is 3.67. The summed E-state index contributed by atoms with van der Waals surface area (Å²) in [6, 6.07) is 11.7. The van der Waals surface area contributed by atoms with E-state index in [1.807, 2.05) is 6.07 Å². The Labute approximate surface area is 222 Å². The number of ether oxygens (including phenoxy) is 2. The van der Waals surface area contributed by atoms with Crippen molar-refractivity contribution in [3.05, 3.63) is 68.7 Å². The average molecular weight is 598 g/mol. The highest BCUT2D eigenvalue weighted by Crippen LogP contribution is 2.41. The van der Waals surface area contributed by atoms with E-state index < -0.39 is 52.8 Å². The average Bonchev–Trinajstić information content (AvgIpc) is 2.87. The molecule has 0 aromatic heterocycles. The van der Waals surface area contributed by atoms with Crippen molar-refractivity contribution in [2.45, 2.75) is 12.1 Å². The third-order valence-electron chi connectivity index (χ3n) is 5.37. The van der Waals surface area contributed by atoms with Crippen LogP contribution in [0.3, 0.4) is 0 Å². The molecule has 2 aromatic carbocycles. The van der Waals surface area contributed by atoms with Gasteiger partial charge in [-0.1, -0.05) is 39.8 Å². The summed E-state index contributed by atoms with van der Waals surface area (Å²) < 4.78 is 50.2. The number of methoxy groups -OCH3 is 2. The van der Waals surface area contributed by atoms with Gasteiger partial charge in [-0.05, 0) is 35.9 Å². The van der Waals surface area contributed by atoms with Crippen LogP contribution in [0.4, 0.5) is 18.9 Å². The van der Waals surface area contributed by atoms with Crippen LogP contribution < -0.4 is 15.4 Å². The van der Waals surface area contributed by atoms with E-state index in [1.54, 1.807) is 24.3 Å². The lowest BCUT2D eigenvalue weighted by atomic mass is 9.78. The summed E-state index contributed by atoms with van der Waals surface area (Å²) in [6.45, 7) is 0. The van der Waals surface area contributed by atoms with Crippen LogP contribution >= 0.6 is 27.7 Å². The number of benzene rings is 2. The van der Waals surface area contributed by atoms with E-state index >= 15 is 0 Å². The van der Waals surface area contributed by atoms with Gasteiger partial charge in [-0.2, -0.15) is 18.4 Å². The van der Waals surface area contributed by atoms with Gasteiger partial charge in [-0.15, -0.1) is 0 Å². The Morgan fingerprint density at radius 2 is 1.86 bits per heavy atom. The van der Waals surface area contributed by atoms with Gasteiger partial charge in [-0.25, -0.2) is 0 Å². The molecule has 13 heteroatoms. The Morgan fingerprint density at radius 1 is 1.19 bits per heavy atom. The minimum Gasteiger partial charge on any atom is -0.497 e. The standard InChI is InChI=1S/C24H19BrF3N3O5S/c1-35-14-6-3-12(4-7-14)19-15(10-29)22(31-21(33)20(19)23(34)36-2)37-11-18(32)30-17-8-5-13(25)9-16(17)24(26,27)28/h3-9,19-20H,11H2,1-2H3,(H,30,32)(H,31,33)/t19-,20+/m1/s1. The second-order valence-corrected chi connectivity index (χ2v) is 9.52. The lowest BCUT2D eigenvalue weighted by Crippen LogP contribution is -2.44. The monoisotopic (exact) mass is 597 g/mol. The maximum Gasteiger partial charge on any atom is 0.418 e. The summed E-state index contributed by atoms with van der Waals surface area (Å²) in [5, 5.41) is 14.6. The number of amides is 2. The van der Waals surface area contributed by atoms with Crippen molar-refractivity contribution >= 4 is 51.2 Å². The van der Waals surface area contributed by atoms with Crippen LogP contribution in [-0.2, 0) is 25.3 Å². The number of halogens is 4. The number of rotatable bonds is 7. The van der Waals surface area contributed by atoms with Crippen LogP contribution in [-0.4, -0.2) is 37.8 Å². The fourth-order valence-corrected chi connectivity index (χ4v) is 4.88. The van der Waals surface area contributed by atoms with Crippen molar-refractivity contribution in [1.82, 2.24) is 5.32 Å². The number of esters is 1. The molecule has 0 radical (unpaired) electrons. The van der Waals surface area contributed by atoms with Gasteiger partial charge in [0.25, 0.3) is 0 Å². The highest BCUT2D eigenvalue weighted by molar-refractivity contribution is 9.10. The zero-order valence-corrected chi connectivity index (χ0v) is 21.7. The molecule has 1 aliphatic heterocycles. The number of anilines is 1. The number of nitriles is 1. The zero-order valence-electron chi connectivity index (χ0n) is 19.3. The predicted octanol–water partition coefficient (Wildman–Crippen LogP) is 4.59. The highest BCUT2D eigenvalue weighted by atomic mass is 79.9. The largest absolute Gasteiger partial charge is 0.497 e. The van der Waals surface area contributed by atoms with Crippen LogP contribution in [0.2, 0.25) is 0 Å². The lowest BCUT2D eigenvalue weighted by molar-refractivity contribution is -0.150. The maximum absolute atomic E-state index is 13.4. The van der Waals surface area contributed by atoms with Gasteiger partial charge < -0.3 is 20.1 Å². The molecule has 0 bridgehead atoms. The van der Waals surface area contributed by atoms with Gasteiger partial charge >= 0.3 is 12.1 Å². The molecule has 8 nitrogen and oxygen atoms in total. The maximum atomic E-state index is 13.4. The van der Waals surface area contributed by atoms with Gasteiger partial charge in [-0.3, -0.25) is 14.4 Å². The normalized spacial score (nSPS) is 17.5. The number of nitrogens with zero attached hydrogens (tertiary/aromatic N) is 1. The molecule has 0 fully saturated rings. The quantitative estimate of drug-likeness (QED) is 0.354. The molecule has 2 N–H and O–H groups in total. The van der Waals surface area contributed by atoms with Crippen LogP contribution in [0, 0.1) is 17.2 Å². The van der Waals surface area contributed by atoms with E-state index in [4.69, 9.17) is 9.47 Å². The Morgan fingerprint density at radius 3 is 2.43 bits per heavy atom. The minimum absolute atomic E-state index is 0.00223. The summed E-state index contributed by atoms with van der Waals surface area (Å²) in [5.41, 5.74) is -1.03.